The number of hydrogen-bond donors (Lipinski definition) is 1. The van der Waals surface area contributed by atoms with Crippen molar-refractivity contribution in [3.8, 4) is 0 Å². The van der Waals surface area contributed by atoms with Gasteiger partial charge in [-0.2, -0.15) is 0 Å². The summed E-state index contributed by atoms with van der Waals surface area (Å²) in [5, 5.41) is 3.54. The Balaban J connectivity index is 1.74. The number of nitrogens with zero attached hydrogens (tertiary/aromatic N) is 1. The molecule has 0 aromatic rings. The predicted molar refractivity (Wildman–Crippen MR) is 66.6 cm³/mol. The molecule has 1 aliphatic heterocycles. The van der Waals surface area contributed by atoms with Crippen LogP contribution in [0, 0.1) is 5.92 Å². The molecule has 1 heterocycles. The third-order valence-electron chi connectivity index (χ3n) is 4.27. The summed E-state index contributed by atoms with van der Waals surface area (Å²) in [7, 11) is 2.28. The zero-order chi connectivity index (χ0) is 11.5. The molecule has 1 aliphatic carbocycles. The Bertz CT molecular complexity index is 212. The van der Waals surface area contributed by atoms with Gasteiger partial charge >= 0.3 is 0 Å². The predicted octanol–water partition coefficient (Wildman–Crippen LogP) is 1.48. The van der Waals surface area contributed by atoms with Gasteiger partial charge in [-0.3, -0.25) is 0 Å². The minimum absolute atomic E-state index is 0.553. The van der Waals surface area contributed by atoms with Crippen LogP contribution in [0.1, 0.15) is 33.1 Å². The highest BCUT2D eigenvalue weighted by Gasteiger charge is 2.32. The van der Waals surface area contributed by atoms with Gasteiger partial charge in [0.1, 0.15) is 0 Å². The van der Waals surface area contributed by atoms with Gasteiger partial charge in [0.15, 0.2) is 0 Å². The summed E-state index contributed by atoms with van der Waals surface area (Å²) in [4.78, 5) is 2.55. The maximum absolute atomic E-state index is 5.50. The van der Waals surface area contributed by atoms with Crippen LogP contribution in [0.2, 0.25) is 0 Å². The van der Waals surface area contributed by atoms with Crippen LogP contribution < -0.4 is 5.32 Å². The Labute approximate surface area is 99.5 Å². The van der Waals surface area contributed by atoms with Gasteiger partial charge in [-0.25, -0.2) is 0 Å². The van der Waals surface area contributed by atoms with Crippen molar-refractivity contribution in [2.75, 3.05) is 26.8 Å². The van der Waals surface area contributed by atoms with Crippen molar-refractivity contribution in [1.82, 2.24) is 10.2 Å². The number of hydrogen-bond acceptors (Lipinski definition) is 3. The Kier molecular flexibility index (Phi) is 4.22. The van der Waals surface area contributed by atoms with Gasteiger partial charge in [0.25, 0.3) is 0 Å². The molecule has 3 unspecified atom stereocenters. The monoisotopic (exact) mass is 226 g/mol. The summed E-state index contributed by atoms with van der Waals surface area (Å²) < 4.78 is 5.50. The summed E-state index contributed by atoms with van der Waals surface area (Å²) in [5.74, 6) is 0.961. The fourth-order valence-corrected chi connectivity index (χ4v) is 2.66. The molecule has 1 N–H and O–H groups in total. The van der Waals surface area contributed by atoms with E-state index in [2.05, 4.69) is 31.1 Å². The standard InChI is InChI=1S/C13H26N2O/c1-10(8-13-9-16-7-6-14-13)15(3)11(2)12-4-5-12/h10-14H,4-9H2,1-3H3. The summed E-state index contributed by atoms with van der Waals surface area (Å²) in [6.45, 7) is 7.49. The SMILES string of the molecule is CC(CC1COCCN1)N(C)C(C)C1CC1. The summed E-state index contributed by atoms with van der Waals surface area (Å²) in [6, 6.07) is 1.95. The molecule has 94 valence electrons. The van der Waals surface area contributed by atoms with Crippen molar-refractivity contribution in [2.45, 2.75) is 51.2 Å². The average molecular weight is 226 g/mol. The van der Waals surface area contributed by atoms with E-state index in [0.717, 1.165) is 31.7 Å². The molecular formula is C13H26N2O. The Morgan fingerprint density at radius 1 is 1.38 bits per heavy atom. The molecule has 0 amide bonds. The molecule has 3 atom stereocenters. The lowest BCUT2D eigenvalue weighted by Crippen LogP contribution is -2.47. The maximum Gasteiger partial charge on any atom is 0.0620 e. The minimum atomic E-state index is 0.553. The summed E-state index contributed by atoms with van der Waals surface area (Å²) in [6.07, 6.45) is 4.07. The van der Waals surface area contributed by atoms with E-state index in [0.29, 0.717) is 12.1 Å². The van der Waals surface area contributed by atoms with Crippen LogP contribution in [0.3, 0.4) is 0 Å². The smallest absolute Gasteiger partial charge is 0.0620 e. The van der Waals surface area contributed by atoms with Gasteiger partial charge in [0, 0.05) is 24.7 Å². The highest BCUT2D eigenvalue weighted by Crippen LogP contribution is 2.35. The fourth-order valence-electron chi connectivity index (χ4n) is 2.66. The Morgan fingerprint density at radius 2 is 2.12 bits per heavy atom. The van der Waals surface area contributed by atoms with Crippen LogP contribution in [0.4, 0.5) is 0 Å². The Morgan fingerprint density at radius 3 is 2.69 bits per heavy atom. The minimum Gasteiger partial charge on any atom is -0.379 e. The van der Waals surface area contributed by atoms with E-state index in [1.807, 2.05) is 0 Å². The van der Waals surface area contributed by atoms with Gasteiger partial charge in [0.05, 0.1) is 13.2 Å². The molecule has 3 nitrogen and oxygen atoms in total. The van der Waals surface area contributed by atoms with Crippen molar-refractivity contribution in [3.05, 3.63) is 0 Å². The highest BCUT2D eigenvalue weighted by molar-refractivity contribution is 4.87. The molecule has 1 saturated heterocycles. The zero-order valence-electron chi connectivity index (χ0n) is 10.9. The molecular weight excluding hydrogens is 200 g/mol. The van der Waals surface area contributed by atoms with Gasteiger partial charge < -0.3 is 15.0 Å². The second kappa shape index (κ2) is 5.48. The first kappa shape index (κ1) is 12.3. The van der Waals surface area contributed by atoms with Crippen molar-refractivity contribution in [1.29, 1.82) is 0 Å². The molecule has 3 heteroatoms. The lowest BCUT2D eigenvalue weighted by atomic mass is 10.0. The van der Waals surface area contributed by atoms with Crippen LogP contribution in [0.25, 0.3) is 0 Å². The first-order chi connectivity index (χ1) is 7.68. The molecule has 0 spiro atoms. The summed E-state index contributed by atoms with van der Waals surface area (Å²) >= 11 is 0. The number of nitrogens with one attached hydrogen (secondary N) is 1. The number of ether oxygens (including phenoxy) is 1. The topological polar surface area (TPSA) is 24.5 Å². The van der Waals surface area contributed by atoms with E-state index >= 15 is 0 Å². The largest absolute Gasteiger partial charge is 0.379 e. The van der Waals surface area contributed by atoms with E-state index in [-0.39, 0.29) is 0 Å². The molecule has 2 aliphatic rings. The second-order valence-electron chi connectivity index (χ2n) is 5.55. The molecule has 0 aromatic carbocycles. The van der Waals surface area contributed by atoms with Crippen LogP contribution in [-0.2, 0) is 4.74 Å². The van der Waals surface area contributed by atoms with E-state index in [9.17, 15) is 0 Å². The van der Waals surface area contributed by atoms with Gasteiger partial charge in [-0.1, -0.05) is 0 Å². The first-order valence-electron chi connectivity index (χ1n) is 6.71. The quantitative estimate of drug-likeness (QED) is 0.768. The van der Waals surface area contributed by atoms with Crippen molar-refractivity contribution in [3.63, 3.8) is 0 Å². The third-order valence-corrected chi connectivity index (χ3v) is 4.27. The zero-order valence-corrected chi connectivity index (χ0v) is 10.9. The molecule has 0 radical (unpaired) electrons. The summed E-state index contributed by atoms with van der Waals surface area (Å²) in [5.41, 5.74) is 0. The van der Waals surface area contributed by atoms with Gasteiger partial charge in [-0.15, -0.1) is 0 Å². The molecule has 2 rings (SSSR count). The van der Waals surface area contributed by atoms with Crippen LogP contribution >= 0.6 is 0 Å². The van der Waals surface area contributed by atoms with Crippen LogP contribution in [-0.4, -0.2) is 49.8 Å². The maximum atomic E-state index is 5.50. The molecule has 0 bridgehead atoms. The lowest BCUT2D eigenvalue weighted by Gasteiger charge is -2.34. The van der Waals surface area contributed by atoms with Gasteiger partial charge in [0.2, 0.25) is 0 Å². The molecule has 2 fully saturated rings. The van der Waals surface area contributed by atoms with Crippen molar-refractivity contribution < 1.29 is 4.74 Å². The normalized spacial score (nSPS) is 30.4. The van der Waals surface area contributed by atoms with Crippen LogP contribution in [0.15, 0.2) is 0 Å². The van der Waals surface area contributed by atoms with Crippen molar-refractivity contribution in [2.24, 2.45) is 5.92 Å². The molecule has 16 heavy (non-hydrogen) atoms. The van der Waals surface area contributed by atoms with Crippen molar-refractivity contribution >= 4 is 0 Å². The van der Waals surface area contributed by atoms with Gasteiger partial charge in [-0.05, 0) is 46.1 Å². The van der Waals surface area contributed by atoms with E-state index in [1.54, 1.807) is 0 Å². The highest BCUT2D eigenvalue weighted by atomic mass is 16.5. The third kappa shape index (κ3) is 3.19. The molecule has 1 saturated carbocycles. The fraction of sp³-hybridized carbons (Fsp3) is 1.00. The lowest BCUT2D eigenvalue weighted by molar-refractivity contribution is 0.0596. The first-order valence-corrected chi connectivity index (χ1v) is 6.71. The van der Waals surface area contributed by atoms with E-state index in [4.69, 9.17) is 4.74 Å². The number of rotatable bonds is 5. The Hall–Kier alpha value is -0.120. The number of morpholine rings is 1. The van der Waals surface area contributed by atoms with Crippen LogP contribution in [0.5, 0.6) is 0 Å². The second-order valence-corrected chi connectivity index (χ2v) is 5.55. The van der Waals surface area contributed by atoms with E-state index < -0.39 is 0 Å². The molecule has 0 aromatic heterocycles. The van der Waals surface area contributed by atoms with E-state index in [1.165, 1.54) is 19.3 Å². The average Bonchev–Trinajstić information content (AvgIpc) is 3.12.